The number of benzene rings is 3. The van der Waals surface area contributed by atoms with Crippen LogP contribution in [0.15, 0.2) is 72.8 Å². The fraction of sp³-hybridized carbons (Fsp3) is 0.455. The maximum atomic E-state index is 6.46. The number of methoxy groups -OCH3 is 2. The van der Waals surface area contributed by atoms with E-state index in [1.807, 2.05) is 18.2 Å². The summed E-state index contributed by atoms with van der Waals surface area (Å²) in [6.07, 6.45) is 2.17. The maximum absolute atomic E-state index is 6.46. The van der Waals surface area contributed by atoms with Crippen LogP contribution < -0.4 is 9.64 Å². The van der Waals surface area contributed by atoms with Gasteiger partial charge in [0.15, 0.2) is 6.29 Å². The fourth-order valence-electron chi connectivity index (χ4n) is 6.05. The minimum Gasteiger partial charge on any atom is -0.489 e. The standard InChI is InChI=1S/C33H41NO4/c1-23(2)32-31(25-10-12-28(13-11-25)34-18-16-26(17-19-34)33(35-3)36-4)30-15-14-29(20-27(30)22-38-32)37-21-24-8-6-5-7-9-24/h5-15,20,23,26,31-33H,16-19,21-22H2,1-4H3. The quantitative estimate of drug-likeness (QED) is 0.294. The average Bonchev–Trinajstić information content (AvgIpc) is 2.97. The number of fused-ring (bicyclic) bond motifs is 1. The summed E-state index contributed by atoms with van der Waals surface area (Å²) in [6.45, 7) is 7.73. The van der Waals surface area contributed by atoms with Crippen molar-refractivity contribution in [2.45, 2.75) is 58.2 Å². The molecule has 0 saturated carbocycles. The molecule has 0 aromatic heterocycles. The topological polar surface area (TPSA) is 40.2 Å². The van der Waals surface area contributed by atoms with Gasteiger partial charge in [-0.3, -0.25) is 0 Å². The third-order valence-electron chi connectivity index (χ3n) is 8.12. The van der Waals surface area contributed by atoms with Gasteiger partial charge in [-0.15, -0.1) is 0 Å². The first-order valence-corrected chi connectivity index (χ1v) is 13.9. The Hall–Kier alpha value is -2.86. The van der Waals surface area contributed by atoms with E-state index in [0.29, 0.717) is 25.0 Å². The highest BCUT2D eigenvalue weighted by molar-refractivity contribution is 5.51. The van der Waals surface area contributed by atoms with Crippen molar-refractivity contribution in [3.8, 4) is 5.75 Å². The van der Waals surface area contributed by atoms with Crippen LogP contribution >= 0.6 is 0 Å². The summed E-state index contributed by atoms with van der Waals surface area (Å²) in [5, 5.41) is 0. The molecule has 5 rings (SSSR count). The monoisotopic (exact) mass is 515 g/mol. The maximum Gasteiger partial charge on any atom is 0.159 e. The second-order valence-corrected chi connectivity index (χ2v) is 10.9. The number of piperidine rings is 1. The third kappa shape index (κ3) is 5.90. The van der Waals surface area contributed by atoms with E-state index in [-0.39, 0.29) is 18.3 Å². The molecule has 2 atom stereocenters. The number of hydrogen-bond donors (Lipinski definition) is 0. The largest absolute Gasteiger partial charge is 0.489 e. The van der Waals surface area contributed by atoms with Crippen LogP contribution in [0.1, 0.15) is 54.9 Å². The van der Waals surface area contributed by atoms with Gasteiger partial charge >= 0.3 is 0 Å². The predicted molar refractivity (Wildman–Crippen MR) is 152 cm³/mol. The van der Waals surface area contributed by atoms with Gasteiger partial charge in [-0.1, -0.05) is 62.4 Å². The second-order valence-electron chi connectivity index (χ2n) is 10.9. The lowest BCUT2D eigenvalue weighted by molar-refractivity contribution is -0.141. The Morgan fingerprint density at radius 1 is 0.895 bits per heavy atom. The van der Waals surface area contributed by atoms with E-state index in [0.717, 1.165) is 31.7 Å². The van der Waals surface area contributed by atoms with Crippen molar-refractivity contribution in [3.63, 3.8) is 0 Å². The summed E-state index contributed by atoms with van der Waals surface area (Å²) in [6, 6.07) is 26.0. The van der Waals surface area contributed by atoms with Gasteiger partial charge in [-0.2, -0.15) is 0 Å². The van der Waals surface area contributed by atoms with Crippen LogP contribution in [0, 0.1) is 11.8 Å². The Kier molecular flexibility index (Phi) is 8.68. The van der Waals surface area contributed by atoms with Crippen LogP contribution in [0.25, 0.3) is 0 Å². The zero-order valence-corrected chi connectivity index (χ0v) is 23.1. The van der Waals surface area contributed by atoms with Crippen LogP contribution in [0.2, 0.25) is 0 Å². The molecule has 5 heteroatoms. The molecule has 2 aliphatic heterocycles. The van der Waals surface area contributed by atoms with Crippen LogP contribution in [-0.4, -0.2) is 39.7 Å². The highest BCUT2D eigenvalue weighted by atomic mass is 16.7. The van der Waals surface area contributed by atoms with E-state index in [9.17, 15) is 0 Å². The first kappa shape index (κ1) is 26.7. The van der Waals surface area contributed by atoms with Crippen molar-refractivity contribution in [3.05, 3.63) is 95.1 Å². The number of anilines is 1. The molecule has 2 heterocycles. The Bertz CT molecular complexity index is 1150. The molecule has 0 N–H and O–H groups in total. The minimum atomic E-state index is -0.108. The minimum absolute atomic E-state index is 0.108. The van der Waals surface area contributed by atoms with Gasteiger partial charge in [-0.25, -0.2) is 0 Å². The van der Waals surface area contributed by atoms with Crippen LogP contribution in [-0.2, 0) is 27.4 Å². The molecular formula is C33H41NO4. The van der Waals surface area contributed by atoms with E-state index in [1.165, 1.54) is 27.9 Å². The van der Waals surface area contributed by atoms with E-state index in [4.69, 9.17) is 18.9 Å². The first-order valence-electron chi connectivity index (χ1n) is 13.9. The van der Waals surface area contributed by atoms with Crippen molar-refractivity contribution in [2.75, 3.05) is 32.2 Å². The Labute approximate surface area is 227 Å². The van der Waals surface area contributed by atoms with Crippen LogP contribution in [0.3, 0.4) is 0 Å². The molecule has 0 bridgehead atoms. The van der Waals surface area contributed by atoms with Crippen molar-refractivity contribution < 1.29 is 18.9 Å². The molecule has 0 radical (unpaired) electrons. The van der Waals surface area contributed by atoms with Crippen molar-refractivity contribution in [2.24, 2.45) is 11.8 Å². The molecule has 3 aromatic carbocycles. The lowest BCUT2D eigenvalue weighted by Gasteiger charge is -2.38. The van der Waals surface area contributed by atoms with Gasteiger partial charge in [0.25, 0.3) is 0 Å². The van der Waals surface area contributed by atoms with E-state index < -0.39 is 0 Å². The number of ether oxygens (including phenoxy) is 4. The summed E-state index contributed by atoms with van der Waals surface area (Å²) in [5.74, 6) is 1.95. The molecular weight excluding hydrogens is 474 g/mol. The zero-order valence-electron chi connectivity index (χ0n) is 23.1. The normalized spacial score (nSPS) is 20.1. The molecule has 0 aliphatic carbocycles. The van der Waals surface area contributed by atoms with Crippen LogP contribution in [0.4, 0.5) is 5.69 Å². The summed E-state index contributed by atoms with van der Waals surface area (Å²) in [4.78, 5) is 2.48. The molecule has 1 saturated heterocycles. The molecule has 1 fully saturated rings. The third-order valence-corrected chi connectivity index (χ3v) is 8.12. The number of nitrogens with zero attached hydrogens (tertiary/aromatic N) is 1. The molecule has 3 aromatic rings. The zero-order chi connectivity index (χ0) is 26.5. The lowest BCUT2D eigenvalue weighted by Crippen LogP contribution is -2.39. The summed E-state index contributed by atoms with van der Waals surface area (Å²) in [7, 11) is 3.46. The molecule has 0 spiro atoms. The number of hydrogen-bond acceptors (Lipinski definition) is 5. The highest BCUT2D eigenvalue weighted by Crippen LogP contribution is 2.41. The smallest absolute Gasteiger partial charge is 0.159 e. The van der Waals surface area contributed by atoms with Gasteiger partial charge in [0.2, 0.25) is 0 Å². The lowest BCUT2D eigenvalue weighted by atomic mass is 9.78. The molecule has 202 valence electrons. The Morgan fingerprint density at radius 3 is 2.26 bits per heavy atom. The van der Waals surface area contributed by atoms with E-state index in [1.54, 1.807) is 14.2 Å². The Balaban J connectivity index is 1.31. The van der Waals surface area contributed by atoms with E-state index in [2.05, 4.69) is 73.3 Å². The molecule has 2 aliphatic rings. The molecule has 0 amide bonds. The number of rotatable bonds is 9. The van der Waals surface area contributed by atoms with Crippen molar-refractivity contribution in [1.82, 2.24) is 0 Å². The second kappa shape index (κ2) is 12.3. The first-order chi connectivity index (χ1) is 18.6. The van der Waals surface area contributed by atoms with Crippen molar-refractivity contribution in [1.29, 1.82) is 0 Å². The summed E-state index contributed by atoms with van der Waals surface area (Å²) in [5.41, 5.74) is 6.32. The molecule has 38 heavy (non-hydrogen) atoms. The van der Waals surface area contributed by atoms with E-state index >= 15 is 0 Å². The van der Waals surface area contributed by atoms with Gasteiger partial charge in [0.1, 0.15) is 12.4 Å². The van der Waals surface area contributed by atoms with Crippen molar-refractivity contribution >= 4 is 5.69 Å². The Morgan fingerprint density at radius 2 is 1.61 bits per heavy atom. The predicted octanol–water partition coefficient (Wildman–Crippen LogP) is 6.79. The average molecular weight is 516 g/mol. The summed E-state index contributed by atoms with van der Waals surface area (Å²) >= 11 is 0. The molecule has 2 unspecified atom stereocenters. The van der Waals surface area contributed by atoms with Gasteiger partial charge in [0.05, 0.1) is 12.7 Å². The summed E-state index contributed by atoms with van der Waals surface area (Å²) < 4.78 is 23.6. The SMILES string of the molecule is COC(OC)C1CCN(c2ccc(C3c4ccc(OCc5ccccc5)cc4COC3C(C)C)cc2)CC1. The fourth-order valence-corrected chi connectivity index (χ4v) is 6.05. The van der Waals surface area contributed by atoms with Gasteiger partial charge < -0.3 is 23.8 Å². The van der Waals surface area contributed by atoms with Gasteiger partial charge in [-0.05, 0) is 65.3 Å². The van der Waals surface area contributed by atoms with Crippen LogP contribution in [0.5, 0.6) is 5.75 Å². The highest BCUT2D eigenvalue weighted by Gasteiger charge is 2.34. The van der Waals surface area contributed by atoms with Gasteiger partial charge in [0, 0.05) is 44.8 Å². The molecule has 5 nitrogen and oxygen atoms in total.